The molecule has 0 bridgehead atoms. The molecular formula is C24H16B2O3. The molecule has 3 nitrogen and oxygen atoms in total. The fourth-order valence-corrected chi connectivity index (χ4v) is 4.15. The van der Waals surface area contributed by atoms with Crippen molar-refractivity contribution >= 4 is 25.2 Å². The van der Waals surface area contributed by atoms with Crippen LogP contribution in [0.5, 0.6) is 11.5 Å². The maximum Gasteiger partial charge on any atom is 0.550 e. The molecular weight excluding hydrogens is 358 g/mol. The van der Waals surface area contributed by atoms with Gasteiger partial charge in [-0.15, -0.1) is 0 Å². The van der Waals surface area contributed by atoms with Gasteiger partial charge in [0.2, 0.25) is 0 Å². The Hall–Kier alpha value is -3.43. The van der Waals surface area contributed by atoms with E-state index in [0.29, 0.717) is 0 Å². The van der Waals surface area contributed by atoms with Gasteiger partial charge in [0.25, 0.3) is 0 Å². The van der Waals surface area contributed by atoms with Gasteiger partial charge in [0.05, 0.1) is 0 Å². The van der Waals surface area contributed by atoms with Crippen LogP contribution in [-0.4, -0.2) is 14.2 Å². The average Bonchev–Trinajstić information content (AvgIpc) is 2.79. The molecule has 0 amide bonds. The normalized spacial score (nSPS) is 13.4. The van der Waals surface area contributed by atoms with Crippen molar-refractivity contribution in [2.75, 3.05) is 0 Å². The molecule has 0 spiro atoms. The summed E-state index contributed by atoms with van der Waals surface area (Å²) in [5.74, 6) is 1.64. The lowest BCUT2D eigenvalue weighted by Gasteiger charge is -2.30. The summed E-state index contributed by atoms with van der Waals surface area (Å²) in [6.45, 7) is 0. The highest BCUT2D eigenvalue weighted by Gasteiger charge is 2.41. The van der Waals surface area contributed by atoms with Crippen LogP contribution >= 0.6 is 0 Å². The van der Waals surface area contributed by atoms with E-state index in [9.17, 15) is 0 Å². The zero-order chi connectivity index (χ0) is 19.2. The first-order valence-corrected chi connectivity index (χ1v) is 9.74. The Balaban J connectivity index is 1.41. The molecule has 0 fully saturated rings. The zero-order valence-electron chi connectivity index (χ0n) is 15.6. The van der Waals surface area contributed by atoms with E-state index in [1.807, 2.05) is 60.7 Å². The maximum absolute atomic E-state index is 6.45. The van der Waals surface area contributed by atoms with E-state index in [1.165, 1.54) is 0 Å². The van der Waals surface area contributed by atoms with Crippen LogP contribution in [0.3, 0.4) is 0 Å². The van der Waals surface area contributed by atoms with Gasteiger partial charge in [-0.2, -0.15) is 0 Å². The van der Waals surface area contributed by atoms with Gasteiger partial charge in [-0.25, -0.2) is 0 Å². The molecule has 4 aromatic carbocycles. The number of hydrogen-bond acceptors (Lipinski definition) is 3. The van der Waals surface area contributed by atoms with E-state index >= 15 is 0 Å². The van der Waals surface area contributed by atoms with E-state index in [-0.39, 0.29) is 0 Å². The molecule has 0 aromatic heterocycles. The van der Waals surface area contributed by atoms with E-state index < -0.39 is 14.2 Å². The minimum atomic E-state index is -0.551. The highest BCUT2D eigenvalue weighted by Crippen LogP contribution is 2.35. The molecule has 0 radical (unpaired) electrons. The van der Waals surface area contributed by atoms with E-state index in [2.05, 4.69) is 36.4 Å². The monoisotopic (exact) mass is 374 g/mol. The maximum atomic E-state index is 6.45. The predicted molar refractivity (Wildman–Crippen MR) is 117 cm³/mol. The van der Waals surface area contributed by atoms with Crippen LogP contribution in [-0.2, 0) is 4.57 Å². The summed E-state index contributed by atoms with van der Waals surface area (Å²) >= 11 is 0. The summed E-state index contributed by atoms with van der Waals surface area (Å²) in [4.78, 5) is 0. The Bertz CT molecular complexity index is 1130. The second kappa shape index (κ2) is 6.57. The summed E-state index contributed by atoms with van der Waals surface area (Å²) in [5.41, 5.74) is 6.43. The lowest BCUT2D eigenvalue weighted by atomic mass is 9.65. The molecule has 6 rings (SSSR count). The molecule has 0 saturated heterocycles. The number of fused-ring (bicyclic) bond motifs is 6. The minimum Gasteiger partial charge on any atom is -0.532 e. The number of para-hydroxylation sites is 2. The van der Waals surface area contributed by atoms with Crippen molar-refractivity contribution in [3.8, 4) is 33.8 Å². The van der Waals surface area contributed by atoms with E-state index in [0.717, 1.165) is 44.7 Å². The zero-order valence-corrected chi connectivity index (χ0v) is 15.6. The van der Waals surface area contributed by atoms with Crippen LogP contribution in [0.15, 0.2) is 97.1 Å². The largest absolute Gasteiger partial charge is 0.550 e. The Labute approximate surface area is 170 Å². The van der Waals surface area contributed by atoms with Gasteiger partial charge < -0.3 is 13.9 Å². The van der Waals surface area contributed by atoms with Crippen molar-refractivity contribution in [2.24, 2.45) is 0 Å². The first-order valence-electron chi connectivity index (χ1n) is 9.74. The first-order chi connectivity index (χ1) is 14.4. The fourth-order valence-electron chi connectivity index (χ4n) is 4.15. The smallest absolute Gasteiger partial charge is 0.532 e. The molecule has 29 heavy (non-hydrogen) atoms. The number of rotatable bonds is 2. The van der Waals surface area contributed by atoms with Gasteiger partial charge in [0.15, 0.2) is 0 Å². The molecule has 2 heterocycles. The SMILES string of the molecule is c1ccc2c(c1)OB(OB1Oc3ccccc3-c3ccccc31)c1ccccc1-2. The average molecular weight is 374 g/mol. The van der Waals surface area contributed by atoms with Crippen molar-refractivity contribution in [3.05, 3.63) is 97.1 Å². The second-order valence-electron chi connectivity index (χ2n) is 7.20. The Morgan fingerprint density at radius 3 is 1.31 bits per heavy atom. The summed E-state index contributed by atoms with van der Waals surface area (Å²) in [7, 11) is -1.10. The number of hydrogen-bond donors (Lipinski definition) is 0. The van der Waals surface area contributed by atoms with Crippen molar-refractivity contribution in [3.63, 3.8) is 0 Å². The summed E-state index contributed by atoms with van der Waals surface area (Å²) < 4.78 is 19.0. The van der Waals surface area contributed by atoms with Crippen molar-refractivity contribution in [2.45, 2.75) is 0 Å². The topological polar surface area (TPSA) is 27.7 Å². The third kappa shape index (κ3) is 2.66. The Kier molecular flexibility index (Phi) is 3.74. The van der Waals surface area contributed by atoms with Gasteiger partial charge in [0.1, 0.15) is 11.5 Å². The summed E-state index contributed by atoms with van der Waals surface area (Å²) in [6, 6.07) is 32.6. The van der Waals surface area contributed by atoms with E-state index in [1.54, 1.807) is 0 Å². The molecule has 136 valence electrons. The second-order valence-corrected chi connectivity index (χ2v) is 7.20. The van der Waals surface area contributed by atoms with Crippen LogP contribution in [0.25, 0.3) is 22.3 Å². The standard InChI is InChI=1S/C24H16B2O3/c1-5-13-21-17(9-1)19-11-3-7-15-23(19)27-25(21)29-26-22-14-6-2-10-18(22)20-12-4-8-16-24(20)28-26/h1-16H. The predicted octanol–water partition coefficient (Wildman–Crippen LogP) is 3.91. The fraction of sp³-hybridized carbons (Fsp3) is 0. The lowest BCUT2D eigenvalue weighted by Crippen LogP contribution is -2.54. The lowest BCUT2D eigenvalue weighted by molar-refractivity contribution is 0.387. The van der Waals surface area contributed by atoms with E-state index in [4.69, 9.17) is 13.9 Å². The molecule has 4 aromatic rings. The third-order valence-electron chi connectivity index (χ3n) is 5.50. The Morgan fingerprint density at radius 2 is 0.828 bits per heavy atom. The number of benzene rings is 4. The minimum absolute atomic E-state index is 0.551. The van der Waals surface area contributed by atoms with Gasteiger partial charge in [-0.05, 0) is 23.3 Å². The molecule has 0 unspecified atom stereocenters. The highest BCUT2D eigenvalue weighted by molar-refractivity contribution is 6.77. The van der Waals surface area contributed by atoms with Crippen LogP contribution in [0.4, 0.5) is 0 Å². The molecule has 0 atom stereocenters. The van der Waals surface area contributed by atoms with Gasteiger partial charge in [-0.3, -0.25) is 0 Å². The molecule has 5 heteroatoms. The summed E-state index contributed by atoms with van der Waals surface area (Å²) in [5, 5.41) is 0. The molecule has 2 aliphatic rings. The quantitative estimate of drug-likeness (QED) is 0.498. The van der Waals surface area contributed by atoms with Crippen molar-refractivity contribution in [1.82, 2.24) is 0 Å². The van der Waals surface area contributed by atoms with Crippen LogP contribution in [0.2, 0.25) is 0 Å². The van der Waals surface area contributed by atoms with Crippen LogP contribution in [0.1, 0.15) is 0 Å². The summed E-state index contributed by atoms with van der Waals surface area (Å²) in [6.07, 6.45) is 0. The molecule has 0 saturated carbocycles. The molecule has 0 aliphatic carbocycles. The van der Waals surface area contributed by atoms with Gasteiger partial charge in [-0.1, -0.05) is 84.9 Å². The third-order valence-corrected chi connectivity index (χ3v) is 5.50. The molecule has 2 aliphatic heterocycles. The van der Waals surface area contributed by atoms with Gasteiger partial charge >= 0.3 is 14.2 Å². The van der Waals surface area contributed by atoms with Crippen molar-refractivity contribution < 1.29 is 13.9 Å². The first kappa shape index (κ1) is 16.5. The van der Waals surface area contributed by atoms with Crippen molar-refractivity contribution in [1.29, 1.82) is 0 Å². The van der Waals surface area contributed by atoms with Gasteiger partial charge in [0, 0.05) is 22.1 Å². The Morgan fingerprint density at radius 1 is 0.448 bits per heavy atom. The van der Waals surface area contributed by atoms with Crippen LogP contribution in [0, 0.1) is 0 Å². The molecule has 0 N–H and O–H groups in total. The van der Waals surface area contributed by atoms with Crippen LogP contribution < -0.4 is 20.2 Å². The highest BCUT2D eigenvalue weighted by atomic mass is 16.6.